The van der Waals surface area contributed by atoms with Gasteiger partial charge in [0.2, 0.25) is 0 Å². The van der Waals surface area contributed by atoms with Crippen LogP contribution in [0.1, 0.15) is 25.0 Å². The first kappa shape index (κ1) is 25.9. The molecule has 0 amide bonds. The minimum atomic E-state index is -0.0407. The van der Waals surface area contributed by atoms with Gasteiger partial charge >= 0.3 is 0 Å². The van der Waals surface area contributed by atoms with Crippen LogP contribution in [0, 0.1) is 0 Å². The van der Waals surface area contributed by atoms with Gasteiger partial charge in [-0.3, -0.25) is 0 Å². The molecule has 0 atom stereocenters. The van der Waals surface area contributed by atoms with E-state index in [1.54, 1.807) is 0 Å². The van der Waals surface area contributed by atoms with Crippen LogP contribution in [0.2, 0.25) is 0 Å². The van der Waals surface area contributed by atoms with E-state index in [9.17, 15) is 0 Å². The van der Waals surface area contributed by atoms with Crippen molar-refractivity contribution >= 4 is 44.0 Å². The van der Waals surface area contributed by atoms with Gasteiger partial charge in [0.25, 0.3) is 0 Å². The van der Waals surface area contributed by atoms with Crippen molar-refractivity contribution in [3.8, 4) is 27.9 Å². The number of nitrogens with one attached hydrogen (secondary N) is 1. The van der Waals surface area contributed by atoms with E-state index in [0.29, 0.717) is 0 Å². The highest BCUT2D eigenvalue weighted by Crippen LogP contribution is 2.49. The van der Waals surface area contributed by atoms with E-state index in [1.165, 1.54) is 71.6 Å². The van der Waals surface area contributed by atoms with Gasteiger partial charge in [-0.15, -0.1) is 0 Å². The molecule has 0 aliphatic heterocycles. The number of rotatable bonds is 4. The Bertz CT molecular complexity index is 2420. The van der Waals surface area contributed by atoms with Crippen molar-refractivity contribution < 1.29 is 0 Å². The second-order valence-electron chi connectivity index (χ2n) is 12.7. The molecule has 0 spiro atoms. The molecule has 0 bridgehead atoms. The molecule has 0 radical (unpaired) electrons. The van der Waals surface area contributed by atoms with E-state index in [4.69, 9.17) is 0 Å². The second-order valence-corrected chi connectivity index (χ2v) is 12.7. The van der Waals surface area contributed by atoms with Crippen LogP contribution in [-0.2, 0) is 5.41 Å². The zero-order chi connectivity index (χ0) is 30.1. The summed E-state index contributed by atoms with van der Waals surface area (Å²) in [5.74, 6) is 0. The zero-order valence-corrected chi connectivity index (χ0v) is 25.4. The predicted octanol–water partition coefficient (Wildman–Crippen LogP) is 11.7. The molecule has 0 saturated carbocycles. The Morgan fingerprint density at radius 3 is 2.02 bits per heavy atom. The number of hydrogen-bond donors (Lipinski definition) is 1. The fraction of sp³-hybridized carbons (Fsp3) is 0.0698. The standard InChI is InChI=1S/C43H32N2/c1-43(2)39-16-7-5-13-35(39)36-24-23-32(27-40(36)43)45-41-17-8-6-14-37(41)38-26-31(22-25-42(38)45)44-30-20-18-29(19-21-30)34-15-9-11-28-10-3-4-12-33(28)34/h3-27,44H,1-2H3. The first-order chi connectivity index (χ1) is 22.1. The van der Waals surface area contributed by atoms with Crippen LogP contribution in [0.3, 0.4) is 0 Å². The second kappa shape index (κ2) is 9.70. The Morgan fingerprint density at radius 1 is 0.467 bits per heavy atom. The number of nitrogens with zero attached hydrogens (tertiary/aromatic N) is 1. The summed E-state index contributed by atoms with van der Waals surface area (Å²) in [6.45, 7) is 4.69. The monoisotopic (exact) mass is 576 g/mol. The van der Waals surface area contributed by atoms with Crippen molar-refractivity contribution in [2.24, 2.45) is 0 Å². The van der Waals surface area contributed by atoms with Crippen LogP contribution in [0.5, 0.6) is 0 Å². The summed E-state index contributed by atoms with van der Waals surface area (Å²) in [5, 5.41) is 8.71. The molecule has 7 aromatic carbocycles. The van der Waals surface area contributed by atoms with Crippen molar-refractivity contribution in [3.63, 3.8) is 0 Å². The molecule has 1 aliphatic rings. The number of aromatic nitrogens is 1. The van der Waals surface area contributed by atoms with E-state index in [0.717, 1.165) is 11.4 Å². The zero-order valence-electron chi connectivity index (χ0n) is 25.4. The molecule has 45 heavy (non-hydrogen) atoms. The first-order valence-electron chi connectivity index (χ1n) is 15.7. The molecule has 1 aliphatic carbocycles. The molecule has 0 saturated heterocycles. The lowest BCUT2D eigenvalue weighted by Crippen LogP contribution is -2.15. The topological polar surface area (TPSA) is 17.0 Å². The Kier molecular flexibility index (Phi) is 5.58. The molecule has 2 nitrogen and oxygen atoms in total. The van der Waals surface area contributed by atoms with E-state index in [2.05, 4.69) is 175 Å². The summed E-state index contributed by atoms with van der Waals surface area (Å²) in [7, 11) is 0. The molecule has 1 N–H and O–H groups in total. The van der Waals surface area contributed by atoms with Gasteiger partial charge in [-0.25, -0.2) is 0 Å². The van der Waals surface area contributed by atoms with Crippen molar-refractivity contribution in [2.75, 3.05) is 5.32 Å². The van der Waals surface area contributed by atoms with Gasteiger partial charge in [-0.2, -0.15) is 0 Å². The predicted molar refractivity (Wildman–Crippen MR) is 191 cm³/mol. The minimum absolute atomic E-state index is 0.0407. The van der Waals surface area contributed by atoms with Crippen LogP contribution >= 0.6 is 0 Å². The smallest absolute Gasteiger partial charge is 0.0542 e. The molecule has 1 heterocycles. The largest absolute Gasteiger partial charge is 0.356 e. The molecule has 2 heteroatoms. The summed E-state index contributed by atoms with van der Waals surface area (Å²) >= 11 is 0. The highest BCUT2D eigenvalue weighted by Gasteiger charge is 2.35. The summed E-state index contributed by atoms with van der Waals surface area (Å²) in [5.41, 5.74) is 13.7. The van der Waals surface area contributed by atoms with Crippen LogP contribution in [-0.4, -0.2) is 4.57 Å². The molecule has 214 valence electrons. The quantitative estimate of drug-likeness (QED) is 0.220. The van der Waals surface area contributed by atoms with Crippen molar-refractivity contribution in [1.29, 1.82) is 0 Å². The van der Waals surface area contributed by atoms with Crippen LogP contribution in [0.25, 0.3) is 60.5 Å². The highest BCUT2D eigenvalue weighted by atomic mass is 15.0. The van der Waals surface area contributed by atoms with Gasteiger partial charge in [0.05, 0.1) is 11.0 Å². The van der Waals surface area contributed by atoms with Gasteiger partial charge in [0.15, 0.2) is 0 Å². The van der Waals surface area contributed by atoms with Gasteiger partial charge in [-0.05, 0) is 92.7 Å². The number of anilines is 2. The van der Waals surface area contributed by atoms with Crippen LogP contribution < -0.4 is 5.32 Å². The molecule has 0 unspecified atom stereocenters. The first-order valence-corrected chi connectivity index (χ1v) is 15.7. The molecular weight excluding hydrogens is 544 g/mol. The highest BCUT2D eigenvalue weighted by molar-refractivity contribution is 6.10. The molecule has 8 aromatic rings. The summed E-state index contributed by atoms with van der Waals surface area (Å²) in [4.78, 5) is 0. The van der Waals surface area contributed by atoms with Crippen LogP contribution in [0.15, 0.2) is 152 Å². The minimum Gasteiger partial charge on any atom is -0.356 e. The Hall–Kier alpha value is -5.60. The third kappa shape index (κ3) is 3.96. The fourth-order valence-corrected chi connectivity index (χ4v) is 7.54. The maximum atomic E-state index is 3.67. The van der Waals surface area contributed by atoms with E-state index in [-0.39, 0.29) is 5.41 Å². The maximum absolute atomic E-state index is 3.67. The van der Waals surface area contributed by atoms with Crippen LogP contribution in [0.4, 0.5) is 11.4 Å². The van der Waals surface area contributed by atoms with Crippen molar-refractivity contribution in [2.45, 2.75) is 19.3 Å². The number of hydrogen-bond acceptors (Lipinski definition) is 1. The van der Waals surface area contributed by atoms with Crippen molar-refractivity contribution in [1.82, 2.24) is 4.57 Å². The van der Waals surface area contributed by atoms with Gasteiger partial charge < -0.3 is 9.88 Å². The lowest BCUT2D eigenvalue weighted by atomic mass is 9.82. The summed E-state index contributed by atoms with van der Waals surface area (Å²) in [6, 6.07) is 55.2. The third-order valence-electron chi connectivity index (χ3n) is 9.77. The lowest BCUT2D eigenvalue weighted by Gasteiger charge is -2.22. The molecule has 0 fully saturated rings. The lowest BCUT2D eigenvalue weighted by molar-refractivity contribution is 0.660. The fourth-order valence-electron chi connectivity index (χ4n) is 7.54. The van der Waals surface area contributed by atoms with Crippen molar-refractivity contribution in [3.05, 3.63) is 163 Å². The van der Waals surface area contributed by atoms with E-state index in [1.807, 2.05) is 0 Å². The number of benzene rings is 7. The molecular formula is C43H32N2. The number of fused-ring (bicyclic) bond motifs is 7. The summed E-state index contributed by atoms with van der Waals surface area (Å²) in [6.07, 6.45) is 0. The van der Waals surface area contributed by atoms with Gasteiger partial charge in [0.1, 0.15) is 0 Å². The van der Waals surface area contributed by atoms with E-state index >= 15 is 0 Å². The third-order valence-corrected chi connectivity index (χ3v) is 9.77. The average Bonchev–Trinajstić information content (AvgIpc) is 3.53. The van der Waals surface area contributed by atoms with E-state index < -0.39 is 0 Å². The Morgan fingerprint density at radius 2 is 1.13 bits per heavy atom. The maximum Gasteiger partial charge on any atom is 0.0542 e. The summed E-state index contributed by atoms with van der Waals surface area (Å²) < 4.78 is 2.42. The molecule has 9 rings (SSSR count). The number of para-hydroxylation sites is 1. The average molecular weight is 577 g/mol. The van der Waals surface area contributed by atoms with Gasteiger partial charge in [-0.1, -0.05) is 117 Å². The Balaban J connectivity index is 1.10. The molecule has 1 aromatic heterocycles. The van der Waals surface area contributed by atoms with Gasteiger partial charge in [0, 0.05) is 33.2 Å². The Labute approximate surface area is 263 Å². The normalized spacial score (nSPS) is 13.3. The SMILES string of the molecule is CC1(C)c2ccccc2-c2ccc(-n3c4ccccc4c4cc(Nc5ccc(-c6cccc7ccccc67)cc5)ccc43)cc21.